The third-order valence-corrected chi connectivity index (χ3v) is 4.98. The third-order valence-electron chi connectivity index (χ3n) is 3.74. The number of anilines is 1. The normalized spacial score (nSPS) is 12.1. The number of alkyl halides is 3. The number of halogens is 5. The van der Waals surface area contributed by atoms with Crippen LogP contribution in [-0.4, -0.2) is 18.1 Å². The zero-order chi connectivity index (χ0) is 23.1. The summed E-state index contributed by atoms with van der Waals surface area (Å²) in [6.07, 6.45) is -1.52. The highest BCUT2D eigenvalue weighted by molar-refractivity contribution is 7.11. The minimum atomic E-state index is -4.81. The molecule has 0 aliphatic heterocycles. The monoisotopic (exact) mass is 483 g/mol. The number of urea groups is 1. The molecule has 0 saturated carbocycles. The van der Waals surface area contributed by atoms with Crippen molar-refractivity contribution >= 4 is 46.4 Å². The van der Waals surface area contributed by atoms with Gasteiger partial charge in [0.1, 0.15) is 11.6 Å². The average molecular weight is 484 g/mol. The van der Waals surface area contributed by atoms with Crippen LogP contribution in [-0.2, 0) is 0 Å². The number of hydrazone groups is 1. The van der Waals surface area contributed by atoms with Crippen molar-refractivity contribution in [3.63, 3.8) is 0 Å². The Bertz CT molecular complexity index is 1140. The molecule has 5 nitrogen and oxygen atoms in total. The molecule has 3 aromatic rings. The second kappa shape index (κ2) is 10.3. The summed E-state index contributed by atoms with van der Waals surface area (Å²) < 4.78 is 54.1. The number of carbonyl (C=O) groups excluding carboxylic acids is 1. The average Bonchev–Trinajstić information content (AvgIpc) is 3.13. The van der Waals surface area contributed by atoms with Crippen molar-refractivity contribution in [3.05, 3.63) is 87.3 Å². The van der Waals surface area contributed by atoms with Crippen LogP contribution in [0.1, 0.15) is 10.4 Å². The summed E-state index contributed by atoms with van der Waals surface area (Å²) in [6.45, 7) is 0. The molecule has 32 heavy (non-hydrogen) atoms. The first kappa shape index (κ1) is 23.3. The van der Waals surface area contributed by atoms with E-state index in [1.54, 1.807) is 29.7 Å². The predicted molar refractivity (Wildman–Crippen MR) is 117 cm³/mol. The molecule has 0 spiro atoms. The summed E-state index contributed by atoms with van der Waals surface area (Å²) in [5.41, 5.74) is 3.16. The van der Waals surface area contributed by atoms with Gasteiger partial charge in [0.2, 0.25) is 0 Å². The summed E-state index contributed by atoms with van der Waals surface area (Å²) in [6, 6.07) is 11.2. The molecule has 166 valence electrons. The molecule has 0 fully saturated rings. The van der Waals surface area contributed by atoms with E-state index in [0.717, 1.165) is 17.0 Å². The predicted octanol–water partition coefficient (Wildman–Crippen LogP) is 6.68. The lowest BCUT2D eigenvalue weighted by molar-refractivity contribution is -0.274. The summed E-state index contributed by atoms with van der Waals surface area (Å²) in [7, 11) is 0. The molecular weight excluding hydrogens is 470 g/mol. The van der Waals surface area contributed by atoms with Gasteiger partial charge in [0.25, 0.3) is 0 Å². The molecule has 0 aliphatic carbocycles. The maximum absolute atomic E-state index is 13.6. The molecular formula is C21H14ClF4N3O2S. The molecule has 0 saturated heterocycles. The van der Waals surface area contributed by atoms with Crippen LogP contribution < -0.4 is 15.5 Å². The van der Waals surface area contributed by atoms with Crippen LogP contribution in [0.25, 0.3) is 6.08 Å². The minimum Gasteiger partial charge on any atom is -0.406 e. The van der Waals surface area contributed by atoms with E-state index in [9.17, 15) is 22.4 Å². The van der Waals surface area contributed by atoms with Crippen LogP contribution in [0.5, 0.6) is 5.75 Å². The Morgan fingerprint density at radius 3 is 2.50 bits per heavy atom. The number of benzene rings is 2. The van der Waals surface area contributed by atoms with Gasteiger partial charge in [0.15, 0.2) is 0 Å². The number of hydrogen-bond donors (Lipinski definition) is 2. The molecule has 2 aromatic carbocycles. The molecule has 0 bridgehead atoms. The topological polar surface area (TPSA) is 62.7 Å². The van der Waals surface area contributed by atoms with Gasteiger partial charge in [0.05, 0.1) is 10.7 Å². The summed E-state index contributed by atoms with van der Waals surface area (Å²) in [4.78, 5) is 13.0. The number of nitrogens with one attached hydrogen (secondary N) is 2. The molecule has 1 heterocycles. The number of nitrogens with zero attached hydrogens (tertiary/aromatic N) is 1. The van der Waals surface area contributed by atoms with E-state index in [-0.39, 0.29) is 11.4 Å². The number of allylic oxidation sites excluding steroid dienone is 1. The Hall–Kier alpha value is -3.37. The van der Waals surface area contributed by atoms with Gasteiger partial charge < -0.3 is 10.1 Å². The molecule has 0 unspecified atom stereocenters. The van der Waals surface area contributed by atoms with E-state index in [1.807, 2.05) is 0 Å². The standard InChI is InChI=1S/C21H14ClF4N3O2S/c22-14-11-18(32-12-14)8-9-19(13-2-1-3-15(23)10-13)28-29-20(30)27-16-4-6-17(7-5-16)31-21(24,25)26/h1-12H,(H2,27,29,30). The molecule has 11 heteroatoms. The van der Waals surface area contributed by atoms with E-state index in [1.165, 1.54) is 41.7 Å². The largest absolute Gasteiger partial charge is 0.573 e. The third kappa shape index (κ3) is 7.40. The van der Waals surface area contributed by atoms with Crippen molar-refractivity contribution < 1.29 is 27.1 Å². The van der Waals surface area contributed by atoms with E-state index in [2.05, 4.69) is 20.6 Å². The summed E-state index contributed by atoms with van der Waals surface area (Å²) in [5.74, 6) is -0.901. The quantitative estimate of drug-likeness (QED) is 0.233. The van der Waals surface area contributed by atoms with Gasteiger partial charge in [-0.1, -0.05) is 23.7 Å². The summed E-state index contributed by atoms with van der Waals surface area (Å²) >= 11 is 7.29. The number of ether oxygens (including phenoxy) is 1. The van der Waals surface area contributed by atoms with E-state index >= 15 is 0 Å². The Morgan fingerprint density at radius 1 is 1.12 bits per heavy atom. The minimum absolute atomic E-state index is 0.211. The van der Waals surface area contributed by atoms with E-state index in [0.29, 0.717) is 10.6 Å². The fourth-order valence-electron chi connectivity index (χ4n) is 2.43. The second-order valence-electron chi connectivity index (χ2n) is 6.15. The number of hydrogen-bond acceptors (Lipinski definition) is 4. The van der Waals surface area contributed by atoms with Gasteiger partial charge in [0, 0.05) is 21.5 Å². The van der Waals surface area contributed by atoms with Crippen molar-refractivity contribution in [3.8, 4) is 5.75 Å². The fourth-order valence-corrected chi connectivity index (χ4v) is 3.41. The lowest BCUT2D eigenvalue weighted by Gasteiger charge is -2.10. The number of rotatable bonds is 6. The van der Waals surface area contributed by atoms with E-state index in [4.69, 9.17) is 11.6 Å². The molecule has 3 rings (SSSR count). The molecule has 0 radical (unpaired) electrons. The lowest BCUT2D eigenvalue weighted by atomic mass is 10.1. The van der Waals surface area contributed by atoms with Crippen LogP contribution in [0, 0.1) is 5.82 Å². The van der Waals surface area contributed by atoms with Gasteiger partial charge in [-0.05, 0) is 54.6 Å². The van der Waals surface area contributed by atoms with Crippen LogP contribution in [0.3, 0.4) is 0 Å². The maximum Gasteiger partial charge on any atom is 0.573 e. The van der Waals surface area contributed by atoms with E-state index < -0.39 is 24.0 Å². The van der Waals surface area contributed by atoms with Crippen molar-refractivity contribution in [1.82, 2.24) is 5.43 Å². The maximum atomic E-state index is 13.6. The lowest BCUT2D eigenvalue weighted by Crippen LogP contribution is -2.25. The van der Waals surface area contributed by atoms with Crippen molar-refractivity contribution in [2.24, 2.45) is 5.10 Å². The Balaban J connectivity index is 1.71. The Labute approximate surface area is 189 Å². The van der Waals surface area contributed by atoms with Crippen LogP contribution in [0.15, 0.2) is 71.2 Å². The highest BCUT2D eigenvalue weighted by atomic mass is 35.5. The first-order valence-corrected chi connectivity index (χ1v) is 10.1. The highest BCUT2D eigenvalue weighted by Gasteiger charge is 2.30. The zero-order valence-corrected chi connectivity index (χ0v) is 17.6. The molecule has 2 amide bonds. The van der Waals surface area contributed by atoms with Crippen LogP contribution in [0.4, 0.5) is 28.0 Å². The van der Waals surface area contributed by atoms with Gasteiger partial charge >= 0.3 is 12.4 Å². The zero-order valence-electron chi connectivity index (χ0n) is 16.0. The number of thiophene rings is 1. The molecule has 0 aliphatic rings. The smallest absolute Gasteiger partial charge is 0.406 e. The highest BCUT2D eigenvalue weighted by Crippen LogP contribution is 2.24. The van der Waals surface area contributed by atoms with Gasteiger partial charge in [-0.3, -0.25) is 0 Å². The Kier molecular flexibility index (Phi) is 7.49. The number of amides is 2. The van der Waals surface area contributed by atoms with Crippen molar-refractivity contribution in [2.45, 2.75) is 6.36 Å². The molecule has 1 aromatic heterocycles. The number of carbonyl (C=O) groups is 1. The first-order valence-electron chi connectivity index (χ1n) is 8.86. The van der Waals surface area contributed by atoms with Crippen molar-refractivity contribution in [2.75, 3.05) is 5.32 Å². The van der Waals surface area contributed by atoms with Gasteiger partial charge in [-0.25, -0.2) is 14.6 Å². The van der Waals surface area contributed by atoms with Crippen molar-refractivity contribution in [1.29, 1.82) is 0 Å². The molecule has 0 atom stereocenters. The van der Waals surface area contributed by atoms with Crippen LogP contribution in [0.2, 0.25) is 5.02 Å². The second-order valence-corrected chi connectivity index (χ2v) is 7.53. The van der Waals surface area contributed by atoms with Crippen LogP contribution >= 0.6 is 22.9 Å². The Morgan fingerprint density at radius 2 is 1.88 bits per heavy atom. The summed E-state index contributed by atoms with van der Waals surface area (Å²) in [5, 5.41) is 8.76. The fraction of sp³-hybridized carbons (Fsp3) is 0.0476. The first-order chi connectivity index (χ1) is 15.2. The molecule has 2 N–H and O–H groups in total. The van der Waals surface area contributed by atoms with Gasteiger partial charge in [-0.15, -0.1) is 24.5 Å². The SMILES string of the molecule is O=C(NN=C(C=Cc1cc(Cl)cs1)c1cccc(F)c1)Nc1ccc(OC(F)(F)F)cc1. The van der Waals surface area contributed by atoms with Gasteiger partial charge in [-0.2, -0.15) is 5.10 Å².